The Morgan fingerprint density at radius 1 is 1.32 bits per heavy atom. The predicted molar refractivity (Wildman–Crippen MR) is 88.9 cm³/mol. The van der Waals surface area contributed by atoms with E-state index >= 15 is 0 Å². The number of aromatic nitrogens is 1. The number of fused-ring (bicyclic) bond motifs is 2. The molecule has 1 aromatic heterocycles. The van der Waals surface area contributed by atoms with Gasteiger partial charge in [-0.15, -0.1) is 0 Å². The lowest BCUT2D eigenvalue weighted by Crippen LogP contribution is -2.43. The molecule has 2 bridgehead atoms. The van der Waals surface area contributed by atoms with Gasteiger partial charge in [0.25, 0.3) is 5.91 Å². The van der Waals surface area contributed by atoms with Crippen LogP contribution in [0, 0.1) is 12.8 Å². The Bertz CT molecular complexity index is 653. The molecule has 0 aromatic carbocycles. The second-order valence-electron chi connectivity index (χ2n) is 7.41. The number of nitrogens with one attached hydrogen (secondary N) is 1. The molecule has 4 heterocycles. The Kier molecular flexibility index (Phi) is 4.50. The van der Waals surface area contributed by atoms with E-state index in [9.17, 15) is 9.59 Å². The SMILES string of the molecule is Cc1cc(C(=O)N2[C@H]3CC[C@H]2[C@H](C(=O)NC[C@@H]2CCCCO2)C3)no1. The minimum absolute atomic E-state index is 0.0261. The Hall–Kier alpha value is -1.89. The summed E-state index contributed by atoms with van der Waals surface area (Å²) in [6.45, 7) is 3.13. The number of carbonyl (C=O) groups is 2. The molecule has 3 aliphatic rings. The van der Waals surface area contributed by atoms with Crippen LogP contribution in [0.25, 0.3) is 0 Å². The van der Waals surface area contributed by atoms with Crippen molar-refractivity contribution in [3.63, 3.8) is 0 Å². The third-order valence-electron chi connectivity index (χ3n) is 5.73. The zero-order chi connectivity index (χ0) is 17.4. The maximum atomic E-state index is 12.7. The van der Waals surface area contributed by atoms with Crippen LogP contribution >= 0.6 is 0 Å². The largest absolute Gasteiger partial charge is 0.376 e. The van der Waals surface area contributed by atoms with Gasteiger partial charge in [-0.1, -0.05) is 5.16 Å². The van der Waals surface area contributed by atoms with Gasteiger partial charge in [0, 0.05) is 31.3 Å². The summed E-state index contributed by atoms with van der Waals surface area (Å²) in [5, 5.41) is 6.89. The van der Waals surface area contributed by atoms with Crippen LogP contribution in [0.3, 0.4) is 0 Å². The molecule has 0 radical (unpaired) electrons. The minimum atomic E-state index is -0.126. The molecule has 1 aromatic rings. The molecule has 136 valence electrons. The van der Waals surface area contributed by atoms with Crippen LogP contribution in [0.2, 0.25) is 0 Å². The topological polar surface area (TPSA) is 84.7 Å². The van der Waals surface area contributed by atoms with Gasteiger partial charge in [0.1, 0.15) is 5.76 Å². The van der Waals surface area contributed by atoms with Crippen LogP contribution in [0.4, 0.5) is 0 Å². The summed E-state index contributed by atoms with van der Waals surface area (Å²) in [5.74, 6) is 0.432. The molecule has 2 amide bonds. The lowest BCUT2D eigenvalue weighted by Gasteiger charge is -2.26. The number of amides is 2. The summed E-state index contributed by atoms with van der Waals surface area (Å²) in [6, 6.07) is 1.77. The summed E-state index contributed by atoms with van der Waals surface area (Å²) in [7, 11) is 0. The van der Waals surface area contributed by atoms with Crippen LogP contribution in [0.15, 0.2) is 10.6 Å². The summed E-state index contributed by atoms with van der Waals surface area (Å²) >= 11 is 0. The third-order valence-corrected chi connectivity index (χ3v) is 5.73. The molecule has 0 aliphatic carbocycles. The number of nitrogens with zero attached hydrogens (tertiary/aromatic N) is 2. The van der Waals surface area contributed by atoms with E-state index in [4.69, 9.17) is 9.26 Å². The number of hydrogen-bond acceptors (Lipinski definition) is 5. The van der Waals surface area contributed by atoms with Gasteiger partial charge in [-0.05, 0) is 45.4 Å². The number of hydrogen-bond donors (Lipinski definition) is 1. The van der Waals surface area contributed by atoms with Gasteiger partial charge in [-0.3, -0.25) is 9.59 Å². The van der Waals surface area contributed by atoms with Crippen molar-refractivity contribution in [1.82, 2.24) is 15.4 Å². The van der Waals surface area contributed by atoms with Gasteiger partial charge in [-0.25, -0.2) is 0 Å². The lowest BCUT2D eigenvalue weighted by atomic mass is 9.88. The van der Waals surface area contributed by atoms with Gasteiger partial charge in [-0.2, -0.15) is 0 Å². The fourth-order valence-electron chi connectivity index (χ4n) is 4.50. The van der Waals surface area contributed by atoms with E-state index in [0.717, 1.165) is 45.1 Å². The molecule has 7 nitrogen and oxygen atoms in total. The first-order chi connectivity index (χ1) is 12.1. The number of carbonyl (C=O) groups excluding carboxylic acids is 2. The highest BCUT2D eigenvalue weighted by atomic mass is 16.5. The van der Waals surface area contributed by atoms with Crippen LogP contribution in [-0.2, 0) is 9.53 Å². The first-order valence-corrected chi connectivity index (χ1v) is 9.29. The maximum Gasteiger partial charge on any atom is 0.276 e. The highest BCUT2D eigenvalue weighted by Gasteiger charge is 2.51. The van der Waals surface area contributed by atoms with E-state index in [2.05, 4.69) is 10.5 Å². The van der Waals surface area contributed by atoms with Crippen molar-refractivity contribution in [3.8, 4) is 0 Å². The van der Waals surface area contributed by atoms with Crippen molar-refractivity contribution in [2.24, 2.45) is 5.92 Å². The number of aryl methyl sites for hydroxylation is 1. The predicted octanol–water partition coefficient (Wildman–Crippen LogP) is 1.66. The molecule has 4 rings (SSSR count). The smallest absolute Gasteiger partial charge is 0.276 e. The molecule has 0 unspecified atom stereocenters. The van der Waals surface area contributed by atoms with Crippen LogP contribution in [-0.4, -0.2) is 53.2 Å². The summed E-state index contributed by atoms with van der Waals surface area (Å²) in [4.78, 5) is 27.3. The number of ether oxygens (including phenoxy) is 1. The Morgan fingerprint density at radius 2 is 2.20 bits per heavy atom. The highest BCUT2D eigenvalue weighted by Crippen LogP contribution is 2.42. The molecule has 3 fully saturated rings. The van der Waals surface area contributed by atoms with Crippen molar-refractivity contribution in [2.75, 3.05) is 13.2 Å². The van der Waals surface area contributed by atoms with E-state index in [1.807, 2.05) is 4.90 Å². The monoisotopic (exact) mass is 347 g/mol. The van der Waals surface area contributed by atoms with Gasteiger partial charge in [0.2, 0.25) is 5.91 Å². The minimum Gasteiger partial charge on any atom is -0.376 e. The average molecular weight is 347 g/mol. The molecule has 0 spiro atoms. The molecule has 1 N–H and O–H groups in total. The summed E-state index contributed by atoms with van der Waals surface area (Å²) in [5.41, 5.74) is 0.339. The first-order valence-electron chi connectivity index (χ1n) is 9.29. The Balaban J connectivity index is 1.38. The molecule has 4 atom stereocenters. The van der Waals surface area contributed by atoms with Gasteiger partial charge in [0.15, 0.2) is 5.69 Å². The van der Waals surface area contributed by atoms with Crippen LogP contribution in [0.1, 0.15) is 54.8 Å². The fourth-order valence-corrected chi connectivity index (χ4v) is 4.50. The third kappa shape index (κ3) is 3.17. The zero-order valence-corrected chi connectivity index (χ0v) is 14.6. The van der Waals surface area contributed by atoms with E-state index < -0.39 is 0 Å². The van der Waals surface area contributed by atoms with Crippen molar-refractivity contribution in [3.05, 3.63) is 17.5 Å². The van der Waals surface area contributed by atoms with Crippen molar-refractivity contribution < 1.29 is 18.8 Å². The van der Waals surface area contributed by atoms with Gasteiger partial charge >= 0.3 is 0 Å². The van der Waals surface area contributed by atoms with Crippen LogP contribution < -0.4 is 5.32 Å². The van der Waals surface area contributed by atoms with E-state index in [1.54, 1.807) is 13.0 Å². The second-order valence-corrected chi connectivity index (χ2v) is 7.41. The Morgan fingerprint density at radius 3 is 2.92 bits per heavy atom. The second kappa shape index (κ2) is 6.78. The molecule has 7 heteroatoms. The molecular weight excluding hydrogens is 322 g/mol. The maximum absolute atomic E-state index is 12.7. The van der Waals surface area contributed by atoms with Crippen molar-refractivity contribution in [1.29, 1.82) is 0 Å². The summed E-state index contributed by atoms with van der Waals surface area (Å²) < 4.78 is 10.7. The van der Waals surface area contributed by atoms with Gasteiger partial charge < -0.3 is 19.5 Å². The number of rotatable bonds is 4. The molecule has 0 saturated carbocycles. The lowest BCUT2D eigenvalue weighted by molar-refractivity contribution is -0.126. The standard InChI is InChI=1S/C18H25N3O4/c1-11-8-15(20-25-11)18(23)21-12-5-6-16(21)14(9-12)17(22)19-10-13-4-2-3-7-24-13/h8,12-14,16H,2-7,9-10H2,1H3,(H,19,22)/t12-,13-,14+,16-/m0/s1. The van der Waals surface area contributed by atoms with Crippen molar-refractivity contribution in [2.45, 2.75) is 63.6 Å². The molecular formula is C18H25N3O4. The average Bonchev–Trinajstić information content (AvgIpc) is 3.34. The summed E-state index contributed by atoms with van der Waals surface area (Å²) in [6.07, 6.45) is 5.99. The molecule has 3 saturated heterocycles. The van der Waals surface area contributed by atoms with E-state index in [1.165, 1.54) is 0 Å². The quantitative estimate of drug-likeness (QED) is 0.895. The fraction of sp³-hybridized carbons (Fsp3) is 0.722. The van der Waals surface area contributed by atoms with Crippen LogP contribution in [0.5, 0.6) is 0 Å². The van der Waals surface area contributed by atoms with Crippen molar-refractivity contribution >= 4 is 11.8 Å². The highest BCUT2D eigenvalue weighted by molar-refractivity contribution is 5.94. The molecule has 3 aliphatic heterocycles. The first kappa shape index (κ1) is 16.6. The Labute approximate surface area is 147 Å². The zero-order valence-electron chi connectivity index (χ0n) is 14.6. The normalized spacial score (nSPS) is 31.3. The van der Waals surface area contributed by atoms with E-state index in [0.29, 0.717) is 18.0 Å². The van der Waals surface area contributed by atoms with E-state index in [-0.39, 0.29) is 35.9 Å². The van der Waals surface area contributed by atoms with Gasteiger partial charge in [0.05, 0.1) is 12.0 Å². The molecule has 25 heavy (non-hydrogen) atoms.